The van der Waals surface area contributed by atoms with Crippen LogP contribution in [0.4, 0.5) is 0 Å². The summed E-state index contributed by atoms with van der Waals surface area (Å²) in [5, 5.41) is 12.9. The van der Waals surface area contributed by atoms with Gasteiger partial charge in [0.25, 0.3) is 0 Å². The third-order valence-corrected chi connectivity index (χ3v) is 6.43. The number of hydrogen-bond donors (Lipinski definition) is 2. The van der Waals surface area contributed by atoms with Crippen molar-refractivity contribution in [1.29, 1.82) is 0 Å². The first-order valence-corrected chi connectivity index (χ1v) is 10.2. The van der Waals surface area contributed by atoms with Gasteiger partial charge in [0.2, 0.25) is 5.91 Å². The number of hydrogen-bond acceptors (Lipinski definition) is 7. The molecule has 0 radical (unpaired) electrons. The molecule has 1 aliphatic heterocycles. The van der Waals surface area contributed by atoms with Crippen LogP contribution in [0, 0.1) is 13.8 Å². The summed E-state index contributed by atoms with van der Waals surface area (Å²) in [5.41, 5.74) is 1.33. The summed E-state index contributed by atoms with van der Waals surface area (Å²) < 4.78 is 33.8. The SMILES string of the molecule is COc1cc(C)cc2oc(=O)c(CC(=O)N[C@H]3CS(=O)(=O)C[C@H]3O)c(C)c12. The molecule has 1 fully saturated rings. The second kappa shape index (κ2) is 6.97. The van der Waals surface area contributed by atoms with E-state index >= 15 is 0 Å². The number of carbonyl (C=O) groups excluding carboxylic acids is 1. The zero-order valence-electron chi connectivity index (χ0n) is 15.2. The lowest BCUT2D eigenvalue weighted by atomic mass is 10.0. The predicted octanol–water partition coefficient (Wildman–Crippen LogP) is 0.235. The molecule has 0 spiro atoms. The summed E-state index contributed by atoms with van der Waals surface area (Å²) in [4.78, 5) is 24.7. The molecule has 1 aromatic heterocycles. The Kier molecular flexibility index (Phi) is 5.00. The number of fused-ring (bicyclic) bond motifs is 1. The molecule has 1 saturated heterocycles. The topological polar surface area (TPSA) is 123 Å². The Morgan fingerprint density at radius 2 is 2.04 bits per heavy atom. The molecule has 1 aromatic carbocycles. The number of rotatable bonds is 4. The first-order valence-electron chi connectivity index (χ1n) is 8.40. The third-order valence-electron chi connectivity index (χ3n) is 4.71. The van der Waals surface area contributed by atoms with Crippen LogP contribution < -0.4 is 15.7 Å². The van der Waals surface area contributed by atoms with E-state index in [1.807, 2.05) is 6.92 Å². The molecule has 146 valence electrons. The Bertz CT molecular complexity index is 1070. The molecule has 27 heavy (non-hydrogen) atoms. The van der Waals surface area contributed by atoms with Crippen molar-refractivity contribution in [3.05, 3.63) is 39.2 Å². The normalized spacial score (nSPS) is 21.3. The number of carbonyl (C=O) groups is 1. The largest absolute Gasteiger partial charge is 0.496 e. The van der Waals surface area contributed by atoms with Gasteiger partial charge in [-0.3, -0.25) is 4.79 Å². The van der Waals surface area contributed by atoms with Gasteiger partial charge in [0.05, 0.1) is 48.1 Å². The quantitative estimate of drug-likeness (QED) is 0.711. The number of sulfone groups is 1. The van der Waals surface area contributed by atoms with Gasteiger partial charge >= 0.3 is 5.63 Å². The molecule has 1 amide bonds. The van der Waals surface area contributed by atoms with Gasteiger partial charge < -0.3 is 19.6 Å². The van der Waals surface area contributed by atoms with Crippen LogP contribution in [0.1, 0.15) is 16.7 Å². The maximum Gasteiger partial charge on any atom is 0.340 e. The van der Waals surface area contributed by atoms with Crippen LogP contribution >= 0.6 is 0 Å². The third kappa shape index (κ3) is 3.84. The molecule has 8 nitrogen and oxygen atoms in total. The number of aliphatic hydroxyl groups excluding tert-OH is 1. The minimum Gasteiger partial charge on any atom is -0.496 e. The Balaban J connectivity index is 1.92. The van der Waals surface area contributed by atoms with E-state index in [9.17, 15) is 23.1 Å². The highest BCUT2D eigenvalue weighted by Crippen LogP contribution is 2.30. The van der Waals surface area contributed by atoms with Crippen molar-refractivity contribution in [2.24, 2.45) is 0 Å². The molecule has 2 atom stereocenters. The predicted molar refractivity (Wildman–Crippen MR) is 98.8 cm³/mol. The van der Waals surface area contributed by atoms with Crippen LogP contribution in [-0.4, -0.2) is 50.2 Å². The van der Waals surface area contributed by atoms with E-state index in [0.717, 1.165) is 5.56 Å². The lowest BCUT2D eigenvalue weighted by Gasteiger charge is -2.16. The molecule has 2 aromatic rings. The van der Waals surface area contributed by atoms with E-state index in [4.69, 9.17) is 9.15 Å². The van der Waals surface area contributed by atoms with Crippen LogP contribution in [0.25, 0.3) is 11.0 Å². The van der Waals surface area contributed by atoms with Gasteiger partial charge in [-0.2, -0.15) is 0 Å². The molecular formula is C18H21NO7S. The number of aryl methyl sites for hydroxylation is 2. The fourth-order valence-electron chi connectivity index (χ4n) is 3.39. The Morgan fingerprint density at radius 1 is 1.33 bits per heavy atom. The van der Waals surface area contributed by atoms with Crippen molar-refractivity contribution >= 4 is 26.7 Å². The Labute approximate surface area is 156 Å². The fourth-order valence-corrected chi connectivity index (χ4v) is 5.13. The number of ether oxygens (including phenoxy) is 1. The molecule has 0 bridgehead atoms. The first kappa shape index (κ1) is 19.4. The number of benzene rings is 1. The van der Waals surface area contributed by atoms with Crippen molar-refractivity contribution in [2.75, 3.05) is 18.6 Å². The number of aliphatic hydroxyl groups is 1. The zero-order valence-corrected chi connectivity index (χ0v) is 16.1. The Morgan fingerprint density at radius 3 is 2.63 bits per heavy atom. The van der Waals surface area contributed by atoms with Gasteiger partial charge in [-0.25, -0.2) is 13.2 Å². The van der Waals surface area contributed by atoms with E-state index < -0.39 is 33.5 Å². The van der Waals surface area contributed by atoms with Gasteiger partial charge in [0, 0.05) is 0 Å². The number of methoxy groups -OCH3 is 1. The highest BCUT2D eigenvalue weighted by atomic mass is 32.2. The van der Waals surface area contributed by atoms with Gasteiger partial charge in [-0.1, -0.05) is 0 Å². The summed E-state index contributed by atoms with van der Waals surface area (Å²) in [6, 6.07) is 2.64. The van der Waals surface area contributed by atoms with Crippen LogP contribution in [0.3, 0.4) is 0 Å². The summed E-state index contributed by atoms with van der Waals surface area (Å²) >= 11 is 0. The van der Waals surface area contributed by atoms with Crippen molar-refractivity contribution in [3.63, 3.8) is 0 Å². The monoisotopic (exact) mass is 395 g/mol. The zero-order chi connectivity index (χ0) is 19.9. The highest BCUT2D eigenvalue weighted by Gasteiger charge is 2.37. The molecule has 0 saturated carbocycles. The average Bonchev–Trinajstić information content (AvgIpc) is 2.81. The maximum atomic E-state index is 12.4. The van der Waals surface area contributed by atoms with E-state index in [1.54, 1.807) is 19.1 Å². The minimum absolute atomic E-state index is 0.164. The summed E-state index contributed by atoms with van der Waals surface area (Å²) in [5.74, 6) is -0.730. The van der Waals surface area contributed by atoms with E-state index in [2.05, 4.69) is 5.32 Å². The van der Waals surface area contributed by atoms with Crippen LogP contribution in [0.15, 0.2) is 21.3 Å². The minimum atomic E-state index is -3.38. The van der Waals surface area contributed by atoms with Crippen molar-refractivity contribution < 1.29 is 27.5 Å². The molecule has 1 aliphatic rings. The van der Waals surface area contributed by atoms with Crippen LogP contribution in [0.5, 0.6) is 5.75 Å². The van der Waals surface area contributed by atoms with Crippen LogP contribution in [-0.2, 0) is 21.1 Å². The van der Waals surface area contributed by atoms with E-state index in [0.29, 0.717) is 22.3 Å². The highest BCUT2D eigenvalue weighted by molar-refractivity contribution is 7.91. The van der Waals surface area contributed by atoms with E-state index in [-0.39, 0.29) is 23.5 Å². The standard InChI is InChI=1S/C18H21NO7S/c1-9-4-14(25-3)17-10(2)11(18(22)26-15(17)5-9)6-16(21)19-12-7-27(23,24)8-13(12)20/h4-5,12-13,20H,6-8H2,1-3H3,(H,19,21)/t12-,13+/m0/s1. The van der Waals surface area contributed by atoms with Gasteiger partial charge in [-0.15, -0.1) is 0 Å². The summed E-state index contributed by atoms with van der Waals surface area (Å²) in [7, 11) is -1.88. The molecule has 3 rings (SSSR count). The van der Waals surface area contributed by atoms with E-state index in [1.165, 1.54) is 7.11 Å². The Hall–Kier alpha value is -2.39. The molecule has 2 N–H and O–H groups in total. The lowest BCUT2D eigenvalue weighted by molar-refractivity contribution is -0.121. The van der Waals surface area contributed by atoms with Crippen molar-refractivity contribution in [1.82, 2.24) is 5.32 Å². The molecule has 0 unspecified atom stereocenters. The van der Waals surface area contributed by atoms with Gasteiger partial charge in [0.1, 0.15) is 11.3 Å². The van der Waals surface area contributed by atoms with Crippen LogP contribution in [0.2, 0.25) is 0 Å². The summed E-state index contributed by atoms with van der Waals surface area (Å²) in [6.07, 6.45) is -1.44. The molecule has 9 heteroatoms. The average molecular weight is 395 g/mol. The van der Waals surface area contributed by atoms with Crippen molar-refractivity contribution in [2.45, 2.75) is 32.4 Å². The lowest BCUT2D eigenvalue weighted by Crippen LogP contribution is -2.43. The molecular weight excluding hydrogens is 374 g/mol. The molecule has 2 heterocycles. The summed E-state index contributed by atoms with van der Waals surface area (Å²) in [6.45, 7) is 3.55. The number of nitrogens with one attached hydrogen (secondary N) is 1. The first-order chi connectivity index (χ1) is 12.6. The number of amides is 1. The second-order valence-corrected chi connectivity index (χ2v) is 8.98. The van der Waals surface area contributed by atoms with Gasteiger partial charge in [-0.05, 0) is 37.1 Å². The maximum absolute atomic E-state index is 12.4. The van der Waals surface area contributed by atoms with Crippen molar-refractivity contribution in [3.8, 4) is 5.75 Å². The van der Waals surface area contributed by atoms with Gasteiger partial charge in [0.15, 0.2) is 9.84 Å². The fraction of sp³-hybridized carbons (Fsp3) is 0.444. The molecule has 0 aliphatic carbocycles. The second-order valence-electron chi connectivity index (χ2n) is 6.83. The smallest absolute Gasteiger partial charge is 0.340 e.